The van der Waals surface area contributed by atoms with Crippen molar-refractivity contribution in [2.45, 2.75) is 38.6 Å². The van der Waals surface area contributed by atoms with E-state index >= 15 is 0 Å². The van der Waals surface area contributed by atoms with Crippen molar-refractivity contribution in [3.63, 3.8) is 0 Å². The molecule has 0 radical (unpaired) electrons. The summed E-state index contributed by atoms with van der Waals surface area (Å²) in [6.45, 7) is 6.55. The second kappa shape index (κ2) is 10.6. The van der Waals surface area contributed by atoms with E-state index in [4.69, 9.17) is 14.5 Å². The molecular formula is C30H31N5O6. The fraction of sp³-hybridized carbons (Fsp3) is 0.333. The maximum atomic E-state index is 14.2. The van der Waals surface area contributed by atoms with Gasteiger partial charge in [0.15, 0.2) is 12.4 Å². The Balaban J connectivity index is 1.72. The highest BCUT2D eigenvalue weighted by Gasteiger charge is 2.32. The number of fused-ring (bicyclic) bond motifs is 1. The van der Waals surface area contributed by atoms with Crippen LogP contribution in [0.2, 0.25) is 0 Å². The van der Waals surface area contributed by atoms with E-state index in [0.717, 1.165) is 5.69 Å². The first-order chi connectivity index (χ1) is 19.5. The van der Waals surface area contributed by atoms with E-state index in [1.807, 2.05) is 39.0 Å². The van der Waals surface area contributed by atoms with Crippen LogP contribution >= 0.6 is 0 Å². The molecule has 2 aromatic carbocycles. The summed E-state index contributed by atoms with van der Waals surface area (Å²) in [6.07, 6.45) is -0.534. The van der Waals surface area contributed by atoms with Gasteiger partial charge >= 0.3 is 11.8 Å². The van der Waals surface area contributed by atoms with Crippen molar-refractivity contribution in [1.29, 1.82) is 5.26 Å². The predicted octanol–water partition coefficient (Wildman–Crippen LogP) is 4.64. The second-order valence-corrected chi connectivity index (χ2v) is 11.0. The van der Waals surface area contributed by atoms with E-state index in [1.54, 1.807) is 34.9 Å². The van der Waals surface area contributed by atoms with E-state index in [2.05, 4.69) is 0 Å². The lowest BCUT2D eigenvalue weighted by Crippen LogP contribution is -2.31. The summed E-state index contributed by atoms with van der Waals surface area (Å²) < 4.78 is 14.2. The lowest BCUT2D eigenvalue weighted by Gasteiger charge is -2.18. The Morgan fingerprint density at radius 3 is 2.54 bits per heavy atom. The molecule has 1 saturated heterocycles. The van der Waals surface area contributed by atoms with E-state index in [-0.39, 0.29) is 41.8 Å². The summed E-state index contributed by atoms with van der Waals surface area (Å²) in [5.74, 6) is 0.245. The average molecular weight is 558 g/mol. The number of aromatic nitrogens is 3. The number of methoxy groups -OCH3 is 1. The van der Waals surface area contributed by atoms with Gasteiger partial charge in [-0.05, 0) is 53.9 Å². The fourth-order valence-electron chi connectivity index (χ4n) is 5.12. The van der Waals surface area contributed by atoms with Crippen LogP contribution in [-0.4, -0.2) is 62.3 Å². The lowest BCUT2D eigenvalue weighted by molar-refractivity contribution is 0.0511. The van der Waals surface area contributed by atoms with Crippen LogP contribution in [0.5, 0.6) is 11.5 Å². The number of nitrogens with zero attached hydrogens (tertiary/aromatic N) is 5. The highest BCUT2D eigenvalue weighted by Crippen LogP contribution is 2.34. The molecule has 2 aromatic heterocycles. The number of phenolic OH excluding ortho intramolecular Hbond substituents is 1. The molecule has 212 valence electrons. The quantitative estimate of drug-likeness (QED) is 0.327. The van der Waals surface area contributed by atoms with E-state index < -0.39 is 6.09 Å². The van der Waals surface area contributed by atoms with Crippen LogP contribution in [0.25, 0.3) is 28.0 Å². The highest BCUT2D eigenvalue weighted by molar-refractivity contribution is 5.78. The molecule has 1 fully saturated rings. The molecule has 2 N–H and O–H groups in total. The Kier molecular flexibility index (Phi) is 7.19. The van der Waals surface area contributed by atoms with Crippen molar-refractivity contribution in [3.05, 3.63) is 70.3 Å². The fourth-order valence-corrected chi connectivity index (χ4v) is 5.12. The Morgan fingerprint density at radius 1 is 1.15 bits per heavy atom. The monoisotopic (exact) mass is 557 g/mol. The van der Waals surface area contributed by atoms with Crippen molar-refractivity contribution in [2.24, 2.45) is 0 Å². The van der Waals surface area contributed by atoms with Gasteiger partial charge in [-0.3, -0.25) is 9.13 Å². The highest BCUT2D eigenvalue weighted by atomic mass is 16.7. The van der Waals surface area contributed by atoms with Crippen molar-refractivity contribution in [3.8, 4) is 34.4 Å². The van der Waals surface area contributed by atoms with Crippen LogP contribution in [-0.2, 0) is 10.2 Å². The minimum absolute atomic E-state index is 0.0779. The van der Waals surface area contributed by atoms with E-state index in [0.29, 0.717) is 46.7 Å². The first-order valence-electron chi connectivity index (χ1n) is 13.2. The number of ether oxygens (including phenoxy) is 2. The number of rotatable bonds is 6. The topological polar surface area (TPSA) is 143 Å². The van der Waals surface area contributed by atoms with Crippen LogP contribution in [0.15, 0.2) is 53.3 Å². The maximum Gasteiger partial charge on any atom is 0.407 e. The van der Waals surface area contributed by atoms with Crippen LogP contribution in [0.1, 0.15) is 44.5 Å². The molecule has 11 nitrogen and oxygen atoms in total. The third kappa shape index (κ3) is 5.10. The molecule has 0 spiro atoms. The molecule has 0 bridgehead atoms. The summed E-state index contributed by atoms with van der Waals surface area (Å²) in [5, 5.41) is 28.8. The molecule has 0 aliphatic carbocycles. The zero-order valence-electron chi connectivity index (χ0n) is 23.3. The Labute approximate surface area is 236 Å². The predicted molar refractivity (Wildman–Crippen MR) is 152 cm³/mol. The number of phenols is 1. The van der Waals surface area contributed by atoms with Gasteiger partial charge in [0.05, 0.1) is 22.8 Å². The Morgan fingerprint density at radius 2 is 1.88 bits per heavy atom. The number of amides is 1. The minimum atomic E-state index is -1.02. The van der Waals surface area contributed by atoms with Crippen LogP contribution in [0.4, 0.5) is 4.79 Å². The smallest absolute Gasteiger partial charge is 0.407 e. The number of carboxylic acid groups (broad SMARTS) is 1. The van der Waals surface area contributed by atoms with Gasteiger partial charge in [-0.2, -0.15) is 5.26 Å². The summed E-state index contributed by atoms with van der Waals surface area (Å²) in [6, 6.07) is 15.4. The molecule has 1 atom stereocenters. The van der Waals surface area contributed by atoms with Gasteiger partial charge in [0.25, 0.3) is 0 Å². The first kappa shape index (κ1) is 27.7. The molecule has 0 saturated carbocycles. The molecule has 0 unspecified atom stereocenters. The first-order valence-corrected chi connectivity index (χ1v) is 13.2. The van der Waals surface area contributed by atoms with Gasteiger partial charge in [-0.25, -0.2) is 14.6 Å². The number of hydrogen-bond acceptors (Lipinski definition) is 7. The molecule has 41 heavy (non-hydrogen) atoms. The minimum Gasteiger partial charge on any atom is -0.507 e. The largest absolute Gasteiger partial charge is 0.507 e. The van der Waals surface area contributed by atoms with Crippen LogP contribution in [0, 0.1) is 11.3 Å². The Bertz CT molecular complexity index is 1740. The molecule has 1 aliphatic rings. The van der Waals surface area contributed by atoms with Crippen molar-refractivity contribution in [1.82, 2.24) is 19.0 Å². The molecule has 5 rings (SSSR count). The molecule has 3 heterocycles. The van der Waals surface area contributed by atoms with E-state index in [1.165, 1.54) is 22.6 Å². The number of hydrogen-bond donors (Lipinski definition) is 2. The van der Waals surface area contributed by atoms with Gasteiger partial charge in [0.2, 0.25) is 0 Å². The molecule has 4 aromatic rings. The normalized spacial score (nSPS) is 15.3. The van der Waals surface area contributed by atoms with Gasteiger partial charge in [-0.15, -0.1) is 0 Å². The van der Waals surface area contributed by atoms with Crippen molar-refractivity contribution < 1.29 is 24.5 Å². The summed E-state index contributed by atoms with van der Waals surface area (Å²) >= 11 is 0. The SMILES string of the molecule is COCOc1cc(-c2ccc(O)c(C#N)c2)ccc1-n1c(=O)n([C@H]2CCN(C(=O)O)C2)c2nc(C(C)(C)C)ccc21. The Hall–Kier alpha value is -4.82. The van der Waals surface area contributed by atoms with Gasteiger partial charge in [0.1, 0.15) is 17.6 Å². The van der Waals surface area contributed by atoms with Crippen molar-refractivity contribution in [2.75, 3.05) is 27.0 Å². The van der Waals surface area contributed by atoms with Crippen molar-refractivity contribution >= 4 is 17.3 Å². The number of imidazole rings is 1. The third-order valence-corrected chi connectivity index (χ3v) is 7.27. The van der Waals surface area contributed by atoms with Gasteiger partial charge in [0, 0.05) is 31.3 Å². The molecule has 11 heteroatoms. The standard InChI is InChI=1S/C30H31N5O6/c1-30(2,3)26-10-8-23-27(32-26)34(21-11-12-33(16-21)29(38)39)28(37)35(23)22-7-5-19(14-25(22)41-17-40-4)18-6-9-24(36)20(13-18)15-31/h5-10,13-14,21,36H,11-12,16-17H2,1-4H3,(H,38,39)/t21-/m0/s1. The number of pyridine rings is 1. The number of nitriles is 1. The zero-order chi connectivity index (χ0) is 29.5. The number of likely N-dealkylation sites (tertiary alicyclic amines) is 1. The third-order valence-electron chi connectivity index (χ3n) is 7.27. The zero-order valence-corrected chi connectivity index (χ0v) is 23.3. The van der Waals surface area contributed by atoms with Gasteiger partial charge < -0.3 is 24.6 Å². The molecule has 1 aliphatic heterocycles. The summed E-state index contributed by atoms with van der Waals surface area (Å²) in [4.78, 5) is 32.1. The maximum absolute atomic E-state index is 14.2. The second-order valence-electron chi connectivity index (χ2n) is 11.0. The lowest BCUT2D eigenvalue weighted by atomic mass is 9.92. The average Bonchev–Trinajstić information content (AvgIpc) is 3.53. The summed E-state index contributed by atoms with van der Waals surface area (Å²) in [5.41, 5.74) is 3.17. The number of benzene rings is 2. The number of aromatic hydroxyl groups is 1. The number of carbonyl (C=O) groups is 1. The van der Waals surface area contributed by atoms with Gasteiger partial charge in [-0.1, -0.05) is 32.9 Å². The van der Waals surface area contributed by atoms with Crippen LogP contribution < -0.4 is 10.4 Å². The molecule has 1 amide bonds. The summed E-state index contributed by atoms with van der Waals surface area (Å²) in [7, 11) is 1.49. The van der Waals surface area contributed by atoms with Crippen LogP contribution in [0.3, 0.4) is 0 Å². The van der Waals surface area contributed by atoms with E-state index in [9.17, 15) is 25.1 Å². The molecular weight excluding hydrogens is 526 g/mol.